The SMILES string of the molecule is NC(=O)CC[C@H](N)C(=O)N1CCNC2(CCNC2=O)C1. The van der Waals surface area contributed by atoms with Crippen LogP contribution in [-0.2, 0) is 14.4 Å². The van der Waals surface area contributed by atoms with Crippen molar-refractivity contribution in [1.29, 1.82) is 0 Å². The van der Waals surface area contributed by atoms with Gasteiger partial charge in [-0.2, -0.15) is 0 Å². The van der Waals surface area contributed by atoms with Gasteiger partial charge in [0.15, 0.2) is 0 Å². The molecule has 6 N–H and O–H groups in total. The van der Waals surface area contributed by atoms with Crippen LogP contribution in [0, 0.1) is 0 Å². The summed E-state index contributed by atoms with van der Waals surface area (Å²) in [6.45, 7) is 2.00. The molecule has 0 radical (unpaired) electrons. The summed E-state index contributed by atoms with van der Waals surface area (Å²) in [4.78, 5) is 36.5. The first-order valence-corrected chi connectivity index (χ1v) is 6.81. The molecule has 2 rings (SSSR count). The van der Waals surface area contributed by atoms with Crippen molar-refractivity contribution in [3.05, 3.63) is 0 Å². The summed E-state index contributed by atoms with van der Waals surface area (Å²) in [6, 6.07) is -0.748. The van der Waals surface area contributed by atoms with Gasteiger partial charge < -0.3 is 27.0 Å². The Bertz CT molecular complexity index is 427. The normalized spacial score (nSPS) is 27.4. The van der Waals surface area contributed by atoms with E-state index < -0.39 is 17.5 Å². The van der Waals surface area contributed by atoms with Crippen molar-refractivity contribution in [2.75, 3.05) is 26.2 Å². The lowest BCUT2D eigenvalue weighted by Gasteiger charge is -2.40. The predicted molar refractivity (Wildman–Crippen MR) is 71.3 cm³/mol. The van der Waals surface area contributed by atoms with E-state index >= 15 is 0 Å². The van der Waals surface area contributed by atoms with Gasteiger partial charge in [0.1, 0.15) is 5.54 Å². The average molecular weight is 283 g/mol. The zero-order valence-electron chi connectivity index (χ0n) is 11.4. The van der Waals surface area contributed by atoms with Crippen LogP contribution < -0.4 is 22.1 Å². The Balaban J connectivity index is 1.96. The molecule has 1 spiro atoms. The number of hydrogen-bond acceptors (Lipinski definition) is 5. The summed E-state index contributed by atoms with van der Waals surface area (Å²) in [5.74, 6) is -0.771. The minimum Gasteiger partial charge on any atom is -0.370 e. The molecule has 0 aromatic carbocycles. The summed E-state index contributed by atoms with van der Waals surface area (Å²) in [6.07, 6.45) is 0.980. The Morgan fingerprint density at radius 2 is 2.15 bits per heavy atom. The van der Waals surface area contributed by atoms with E-state index in [1.54, 1.807) is 4.90 Å². The van der Waals surface area contributed by atoms with E-state index in [1.165, 1.54) is 0 Å². The van der Waals surface area contributed by atoms with Crippen molar-refractivity contribution in [2.45, 2.75) is 30.8 Å². The van der Waals surface area contributed by atoms with Crippen LogP contribution in [0.15, 0.2) is 0 Å². The van der Waals surface area contributed by atoms with E-state index in [0.29, 0.717) is 32.6 Å². The van der Waals surface area contributed by atoms with E-state index in [-0.39, 0.29) is 24.7 Å². The molecule has 0 aromatic heterocycles. The summed E-state index contributed by atoms with van der Waals surface area (Å²) < 4.78 is 0. The van der Waals surface area contributed by atoms with Gasteiger partial charge in [0.05, 0.1) is 6.04 Å². The molecule has 8 nitrogen and oxygen atoms in total. The molecule has 2 saturated heterocycles. The van der Waals surface area contributed by atoms with Crippen molar-refractivity contribution < 1.29 is 14.4 Å². The zero-order valence-corrected chi connectivity index (χ0v) is 11.4. The topological polar surface area (TPSA) is 131 Å². The third-order valence-corrected chi connectivity index (χ3v) is 3.91. The molecular formula is C12H21N5O3. The van der Waals surface area contributed by atoms with E-state index in [1.807, 2.05) is 0 Å². The lowest BCUT2D eigenvalue weighted by molar-refractivity contribution is -0.137. The highest BCUT2D eigenvalue weighted by atomic mass is 16.2. The van der Waals surface area contributed by atoms with Crippen molar-refractivity contribution >= 4 is 17.7 Å². The van der Waals surface area contributed by atoms with Gasteiger partial charge >= 0.3 is 0 Å². The second-order valence-corrected chi connectivity index (χ2v) is 5.39. The maximum Gasteiger partial charge on any atom is 0.242 e. The lowest BCUT2D eigenvalue weighted by Crippen LogP contribution is -2.66. The molecule has 2 aliphatic heterocycles. The fourth-order valence-electron chi connectivity index (χ4n) is 2.73. The molecule has 1 unspecified atom stereocenters. The highest BCUT2D eigenvalue weighted by molar-refractivity contribution is 5.90. The monoisotopic (exact) mass is 283 g/mol. The quantitative estimate of drug-likeness (QED) is 0.445. The predicted octanol–water partition coefficient (Wildman–Crippen LogP) is -2.73. The number of nitrogens with zero attached hydrogens (tertiary/aromatic N) is 1. The van der Waals surface area contributed by atoms with Gasteiger partial charge in [-0.1, -0.05) is 0 Å². The summed E-state index contributed by atoms with van der Waals surface area (Å²) in [7, 11) is 0. The van der Waals surface area contributed by atoms with Gasteiger partial charge in [-0.25, -0.2) is 0 Å². The van der Waals surface area contributed by atoms with Crippen LogP contribution in [0.2, 0.25) is 0 Å². The Morgan fingerprint density at radius 1 is 1.40 bits per heavy atom. The van der Waals surface area contributed by atoms with E-state index in [0.717, 1.165) is 0 Å². The van der Waals surface area contributed by atoms with Gasteiger partial charge in [-0.15, -0.1) is 0 Å². The minimum absolute atomic E-state index is 0.0688. The zero-order chi connectivity index (χ0) is 14.8. The Labute approximate surface area is 117 Å². The number of rotatable bonds is 4. The smallest absolute Gasteiger partial charge is 0.242 e. The number of amides is 3. The summed E-state index contributed by atoms with van der Waals surface area (Å²) in [5.41, 5.74) is 10.2. The molecule has 2 fully saturated rings. The Kier molecular flexibility index (Phi) is 4.24. The molecule has 0 bridgehead atoms. The number of nitrogens with one attached hydrogen (secondary N) is 2. The van der Waals surface area contributed by atoms with Crippen molar-refractivity contribution in [3.63, 3.8) is 0 Å². The molecule has 8 heteroatoms. The number of nitrogens with two attached hydrogens (primary N) is 2. The van der Waals surface area contributed by atoms with Crippen LogP contribution in [0.25, 0.3) is 0 Å². The van der Waals surface area contributed by atoms with Crippen LogP contribution in [0.5, 0.6) is 0 Å². The van der Waals surface area contributed by atoms with Gasteiger partial charge in [0.2, 0.25) is 17.7 Å². The molecule has 3 amide bonds. The van der Waals surface area contributed by atoms with Crippen molar-refractivity contribution in [3.8, 4) is 0 Å². The van der Waals surface area contributed by atoms with Crippen LogP contribution in [0.4, 0.5) is 0 Å². The standard InChI is InChI=1S/C12H21N5O3/c13-8(1-2-9(14)18)10(19)17-6-5-16-12(7-17)3-4-15-11(12)20/h8,16H,1-7,13H2,(H2,14,18)(H,15,20)/t8-,12?/m0/s1. The second-order valence-electron chi connectivity index (χ2n) is 5.39. The number of piperazine rings is 1. The first-order valence-electron chi connectivity index (χ1n) is 6.81. The lowest BCUT2D eigenvalue weighted by atomic mass is 9.94. The van der Waals surface area contributed by atoms with E-state index in [4.69, 9.17) is 11.5 Å². The summed E-state index contributed by atoms with van der Waals surface area (Å²) >= 11 is 0. The van der Waals surface area contributed by atoms with Crippen LogP contribution in [0.3, 0.4) is 0 Å². The van der Waals surface area contributed by atoms with Crippen molar-refractivity contribution in [2.24, 2.45) is 11.5 Å². The number of primary amides is 1. The Hall–Kier alpha value is -1.67. The first kappa shape index (κ1) is 14.7. The van der Waals surface area contributed by atoms with Gasteiger partial charge in [0.25, 0.3) is 0 Å². The molecule has 112 valence electrons. The first-order chi connectivity index (χ1) is 9.44. The number of carbonyl (C=O) groups is 3. The van der Waals surface area contributed by atoms with Gasteiger partial charge in [0, 0.05) is 32.6 Å². The number of carbonyl (C=O) groups excluding carboxylic acids is 3. The third-order valence-electron chi connectivity index (χ3n) is 3.91. The van der Waals surface area contributed by atoms with Crippen molar-refractivity contribution in [1.82, 2.24) is 15.5 Å². The second kappa shape index (κ2) is 5.76. The fourth-order valence-corrected chi connectivity index (χ4v) is 2.73. The van der Waals surface area contributed by atoms with E-state index in [9.17, 15) is 14.4 Å². The Morgan fingerprint density at radius 3 is 2.75 bits per heavy atom. The van der Waals surface area contributed by atoms with Gasteiger partial charge in [-0.3, -0.25) is 14.4 Å². The molecule has 0 aromatic rings. The maximum absolute atomic E-state index is 12.2. The van der Waals surface area contributed by atoms with Crippen LogP contribution in [-0.4, -0.2) is 60.4 Å². The molecule has 2 aliphatic rings. The average Bonchev–Trinajstić information content (AvgIpc) is 2.76. The maximum atomic E-state index is 12.2. The molecule has 2 atom stereocenters. The summed E-state index contributed by atoms with van der Waals surface area (Å²) in [5, 5.41) is 5.97. The molecule has 0 saturated carbocycles. The largest absolute Gasteiger partial charge is 0.370 e. The van der Waals surface area contributed by atoms with E-state index in [2.05, 4.69) is 10.6 Å². The van der Waals surface area contributed by atoms with Crippen LogP contribution >= 0.6 is 0 Å². The number of hydrogen-bond donors (Lipinski definition) is 4. The highest BCUT2D eigenvalue weighted by Crippen LogP contribution is 2.21. The highest BCUT2D eigenvalue weighted by Gasteiger charge is 2.46. The molecular weight excluding hydrogens is 262 g/mol. The molecule has 20 heavy (non-hydrogen) atoms. The minimum atomic E-state index is -0.748. The van der Waals surface area contributed by atoms with Gasteiger partial charge in [-0.05, 0) is 12.8 Å². The van der Waals surface area contributed by atoms with Crippen LogP contribution in [0.1, 0.15) is 19.3 Å². The fraction of sp³-hybridized carbons (Fsp3) is 0.750. The molecule has 2 heterocycles. The molecule has 0 aliphatic carbocycles. The third kappa shape index (κ3) is 2.91.